The molecule has 2 unspecified atom stereocenters. The van der Waals surface area contributed by atoms with E-state index in [1.54, 1.807) is 0 Å². The minimum Gasteiger partial charge on any atom is -0.481 e. The Hall–Kier alpha value is -1.06. The predicted octanol–water partition coefficient (Wildman–Crippen LogP) is 3.59. The fraction of sp³-hybridized carbons (Fsp3) is 0.500. The molecule has 0 aliphatic rings. The van der Waals surface area contributed by atoms with Gasteiger partial charge >= 0.3 is 5.97 Å². The lowest BCUT2D eigenvalue weighted by Crippen LogP contribution is -2.35. The molecule has 2 atom stereocenters. The van der Waals surface area contributed by atoms with Crippen LogP contribution in [0.3, 0.4) is 0 Å². The summed E-state index contributed by atoms with van der Waals surface area (Å²) < 4.78 is 0. The zero-order valence-corrected chi connectivity index (χ0v) is 11.8. The van der Waals surface area contributed by atoms with Crippen LogP contribution in [0.25, 0.3) is 0 Å². The van der Waals surface area contributed by atoms with Crippen molar-refractivity contribution in [3.63, 3.8) is 0 Å². The molecular formula is C14H20ClNO2. The topological polar surface area (TPSA) is 40.5 Å². The summed E-state index contributed by atoms with van der Waals surface area (Å²) in [5.74, 6) is -0.753. The zero-order chi connectivity index (χ0) is 13.7. The van der Waals surface area contributed by atoms with Gasteiger partial charge in [0.25, 0.3) is 0 Å². The van der Waals surface area contributed by atoms with E-state index in [9.17, 15) is 4.79 Å². The maximum atomic E-state index is 10.8. The molecule has 0 spiro atoms. The number of benzene rings is 1. The van der Waals surface area contributed by atoms with Crippen molar-refractivity contribution >= 4 is 17.6 Å². The fourth-order valence-electron chi connectivity index (χ4n) is 2.07. The van der Waals surface area contributed by atoms with Gasteiger partial charge in [-0.15, -0.1) is 0 Å². The number of hydrogen-bond acceptors (Lipinski definition) is 2. The van der Waals surface area contributed by atoms with Gasteiger partial charge in [-0.05, 0) is 38.1 Å². The molecule has 0 amide bonds. The summed E-state index contributed by atoms with van der Waals surface area (Å²) >= 11 is 5.86. The summed E-state index contributed by atoms with van der Waals surface area (Å²) in [6.07, 6.45) is 0.992. The van der Waals surface area contributed by atoms with Gasteiger partial charge in [0.1, 0.15) is 0 Å². The van der Waals surface area contributed by atoms with Crippen molar-refractivity contribution in [2.24, 2.45) is 0 Å². The molecule has 18 heavy (non-hydrogen) atoms. The van der Waals surface area contributed by atoms with E-state index in [4.69, 9.17) is 16.7 Å². The molecule has 1 rings (SSSR count). The highest BCUT2D eigenvalue weighted by molar-refractivity contribution is 6.30. The Morgan fingerprint density at radius 3 is 2.39 bits per heavy atom. The lowest BCUT2D eigenvalue weighted by Gasteiger charge is -2.32. The highest BCUT2D eigenvalue weighted by Crippen LogP contribution is 2.24. The van der Waals surface area contributed by atoms with Gasteiger partial charge in [0, 0.05) is 17.1 Å². The highest BCUT2D eigenvalue weighted by Gasteiger charge is 2.21. The van der Waals surface area contributed by atoms with Gasteiger partial charge in [-0.25, -0.2) is 0 Å². The van der Waals surface area contributed by atoms with Crippen molar-refractivity contribution in [1.29, 1.82) is 0 Å². The molecule has 100 valence electrons. The number of carboxylic acid groups (broad SMARTS) is 1. The van der Waals surface area contributed by atoms with Gasteiger partial charge < -0.3 is 5.11 Å². The molecule has 3 nitrogen and oxygen atoms in total. The largest absolute Gasteiger partial charge is 0.481 e. The molecule has 0 saturated carbocycles. The third-order valence-corrected chi connectivity index (χ3v) is 3.67. The van der Waals surface area contributed by atoms with Crippen molar-refractivity contribution in [2.75, 3.05) is 7.05 Å². The van der Waals surface area contributed by atoms with E-state index in [1.165, 1.54) is 0 Å². The summed E-state index contributed by atoms with van der Waals surface area (Å²) in [6.45, 7) is 4.09. The lowest BCUT2D eigenvalue weighted by atomic mass is 10.0. The monoisotopic (exact) mass is 269 g/mol. The second-order valence-corrected chi connectivity index (χ2v) is 4.99. The Morgan fingerprint density at radius 2 is 1.94 bits per heavy atom. The summed E-state index contributed by atoms with van der Waals surface area (Å²) in [7, 11) is 1.97. The predicted molar refractivity (Wildman–Crippen MR) is 74.0 cm³/mol. The molecule has 0 radical (unpaired) electrons. The molecule has 1 aromatic rings. The van der Waals surface area contributed by atoms with E-state index in [-0.39, 0.29) is 18.5 Å². The number of nitrogens with zero attached hydrogens (tertiary/aromatic N) is 1. The minimum absolute atomic E-state index is 0.0492. The summed E-state index contributed by atoms with van der Waals surface area (Å²) in [5.41, 5.74) is 1.14. The maximum Gasteiger partial charge on any atom is 0.304 e. The first kappa shape index (κ1) is 15.0. The Bertz CT molecular complexity index is 391. The van der Waals surface area contributed by atoms with E-state index in [0.29, 0.717) is 5.02 Å². The molecule has 0 bridgehead atoms. The van der Waals surface area contributed by atoms with Crippen molar-refractivity contribution in [1.82, 2.24) is 4.90 Å². The molecule has 0 aliphatic heterocycles. The Labute approximate surface area is 113 Å². The van der Waals surface area contributed by atoms with E-state index in [1.807, 2.05) is 38.2 Å². The molecule has 1 aromatic carbocycles. The van der Waals surface area contributed by atoms with Crippen molar-refractivity contribution in [3.8, 4) is 0 Å². The Morgan fingerprint density at radius 1 is 1.39 bits per heavy atom. The molecule has 0 aliphatic carbocycles. The highest BCUT2D eigenvalue weighted by atomic mass is 35.5. The molecule has 4 heteroatoms. The van der Waals surface area contributed by atoms with E-state index < -0.39 is 5.97 Å². The van der Waals surface area contributed by atoms with Crippen LogP contribution < -0.4 is 0 Å². The maximum absolute atomic E-state index is 10.8. The first-order chi connectivity index (χ1) is 8.45. The van der Waals surface area contributed by atoms with Crippen LogP contribution in [0.1, 0.15) is 38.3 Å². The van der Waals surface area contributed by atoms with Crippen LogP contribution in [-0.2, 0) is 4.79 Å². The quantitative estimate of drug-likeness (QED) is 0.858. The third-order valence-electron chi connectivity index (χ3n) is 3.42. The van der Waals surface area contributed by atoms with Gasteiger partial charge in [-0.3, -0.25) is 9.69 Å². The standard InChI is InChI=1S/C14H20ClNO2/c1-4-13(9-14(17)18)16(3)10(2)11-5-7-12(15)8-6-11/h5-8,10,13H,4,9H2,1-3H3,(H,17,18). The summed E-state index contributed by atoms with van der Waals surface area (Å²) in [6, 6.07) is 7.91. The van der Waals surface area contributed by atoms with Crippen LogP contribution in [-0.4, -0.2) is 29.1 Å². The van der Waals surface area contributed by atoms with E-state index >= 15 is 0 Å². The number of carboxylic acids is 1. The van der Waals surface area contributed by atoms with Gasteiger partial charge in [0.2, 0.25) is 0 Å². The third kappa shape index (κ3) is 4.00. The Balaban J connectivity index is 2.78. The average Bonchev–Trinajstić information content (AvgIpc) is 2.35. The molecule has 0 fully saturated rings. The smallest absolute Gasteiger partial charge is 0.304 e. The van der Waals surface area contributed by atoms with Crippen molar-refractivity contribution in [3.05, 3.63) is 34.9 Å². The molecule has 0 aromatic heterocycles. The number of halogens is 1. The van der Waals surface area contributed by atoms with Crippen LogP contribution in [0.2, 0.25) is 5.02 Å². The number of rotatable bonds is 6. The van der Waals surface area contributed by atoms with Crippen LogP contribution in [0.15, 0.2) is 24.3 Å². The van der Waals surface area contributed by atoms with E-state index in [0.717, 1.165) is 12.0 Å². The van der Waals surface area contributed by atoms with Crippen LogP contribution in [0.5, 0.6) is 0 Å². The van der Waals surface area contributed by atoms with Gasteiger partial charge in [0.05, 0.1) is 6.42 Å². The van der Waals surface area contributed by atoms with Crippen molar-refractivity contribution in [2.45, 2.75) is 38.8 Å². The fourth-order valence-corrected chi connectivity index (χ4v) is 2.20. The normalized spacial score (nSPS) is 14.5. The average molecular weight is 270 g/mol. The van der Waals surface area contributed by atoms with Gasteiger partial charge in [0.15, 0.2) is 0 Å². The number of hydrogen-bond donors (Lipinski definition) is 1. The second-order valence-electron chi connectivity index (χ2n) is 4.55. The van der Waals surface area contributed by atoms with Gasteiger partial charge in [-0.1, -0.05) is 30.7 Å². The molecule has 1 N–H and O–H groups in total. The second kappa shape index (κ2) is 6.76. The van der Waals surface area contributed by atoms with Crippen LogP contribution >= 0.6 is 11.6 Å². The van der Waals surface area contributed by atoms with Gasteiger partial charge in [-0.2, -0.15) is 0 Å². The zero-order valence-electron chi connectivity index (χ0n) is 11.1. The first-order valence-corrected chi connectivity index (χ1v) is 6.52. The lowest BCUT2D eigenvalue weighted by molar-refractivity contribution is -0.138. The molecular weight excluding hydrogens is 250 g/mol. The summed E-state index contributed by atoms with van der Waals surface area (Å²) in [5, 5.41) is 9.62. The Kier molecular flexibility index (Phi) is 5.63. The number of aliphatic carboxylic acids is 1. The van der Waals surface area contributed by atoms with E-state index in [2.05, 4.69) is 11.8 Å². The van der Waals surface area contributed by atoms with Crippen LogP contribution in [0, 0.1) is 0 Å². The minimum atomic E-state index is -0.753. The summed E-state index contributed by atoms with van der Waals surface area (Å²) in [4.78, 5) is 12.9. The SMILES string of the molecule is CCC(CC(=O)O)N(C)C(C)c1ccc(Cl)cc1. The van der Waals surface area contributed by atoms with Crippen molar-refractivity contribution < 1.29 is 9.90 Å². The first-order valence-electron chi connectivity index (χ1n) is 6.14. The van der Waals surface area contributed by atoms with Crippen LogP contribution in [0.4, 0.5) is 0 Å². The molecule has 0 heterocycles. The number of carbonyl (C=O) groups is 1. The molecule has 0 saturated heterocycles.